The molecule has 0 aliphatic rings. The number of anilines is 2. The van der Waals surface area contributed by atoms with E-state index in [9.17, 15) is 14.7 Å². The average molecular weight is 488 g/mol. The van der Waals surface area contributed by atoms with Gasteiger partial charge in [-0.05, 0) is 41.3 Å². The number of carboxylic acid groups (broad SMARTS) is 1. The van der Waals surface area contributed by atoms with Crippen molar-refractivity contribution in [2.45, 2.75) is 19.8 Å². The number of hydrogen-bond acceptors (Lipinski definition) is 8. The van der Waals surface area contributed by atoms with E-state index in [-0.39, 0.29) is 23.1 Å². The summed E-state index contributed by atoms with van der Waals surface area (Å²) < 4.78 is 10.5. The highest BCUT2D eigenvalue weighted by atomic mass is 16.5. The number of carbonyl (C=O) groups is 2. The summed E-state index contributed by atoms with van der Waals surface area (Å²) in [6.07, 6.45) is 2.98. The summed E-state index contributed by atoms with van der Waals surface area (Å²) in [4.78, 5) is 36.8. The smallest absolute Gasteiger partial charge is 0.335 e. The third-order valence-corrected chi connectivity index (χ3v) is 5.69. The highest BCUT2D eigenvalue weighted by Gasteiger charge is 2.18. The second-order valence-electron chi connectivity index (χ2n) is 8.35. The van der Waals surface area contributed by atoms with Crippen molar-refractivity contribution < 1.29 is 24.2 Å². The summed E-state index contributed by atoms with van der Waals surface area (Å²) in [6.45, 7) is 3.94. The number of methoxy groups -OCH3 is 2. The zero-order valence-electron chi connectivity index (χ0n) is 20.2. The highest BCUT2D eigenvalue weighted by molar-refractivity contribution is 6.08. The molecule has 10 nitrogen and oxygen atoms in total. The van der Waals surface area contributed by atoms with Crippen molar-refractivity contribution in [2.75, 3.05) is 19.5 Å². The maximum atomic E-state index is 12.2. The van der Waals surface area contributed by atoms with E-state index in [2.05, 4.69) is 20.3 Å². The molecule has 0 atom stereocenters. The van der Waals surface area contributed by atoms with Gasteiger partial charge in [-0.3, -0.25) is 9.78 Å². The number of rotatable bonds is 8. The number of hydrogen-bond donors (Lipinski definition) is 3. The van der Waals surface area contributed by atoms with Crippen molar-refractivity contribution >= 4 is 34.2 Å². The highest BCUT2D eigenvalue weighted by Crippen LogP contribution is 2.35. The SMILES string of the molecule is COc1ncc(-c2ccc3c(Nc4cc(C(=O)O)cc(C(C)C)c4)c(C(N)=O)cnc3c2)c(OC)n1. The second-order valence-corrected chi connectivity index (χ2v) is 8.35. The van der Waals surface area contributed by atoms with Gasteiger partial charge in [-0.2, -0.15) is 4.98 Å². The number of amides is 1. The van der Waals surface area contributed by atoms with Gasteiger partial charge in [0.25, 0.3) is 5.91 Å². The normalized spacial score (nSPS) is 10.9. The molecule has 0 spiro atoms. The zero-order chi connectivity index (χ0) is 26.0. The number of carbonyl (C=O) groups excluding carboxylic acids is 1. The van der Waals surface area contributed by atoms with Crippen molar-refractivity contribution in [3.05, 3.63) is 65.5 Å². The fourth-order valence-corrected chi connectivity index (χ4v) is 3.81. The van der Waals surface area contributed by atoms with Crippen LogP contribution in [0.1, 0.15) is 46.0 Å². The molecule has 0 saturated heterocycles. The van der Waals surface area contributed by atoms with Gasteiger partial charge in [0.05, 0.1) is 42.1 Å². The van der Waals surface area contributed by atoms with E-state index >= 15 is 0 Å². The number of nitrogens with one attached hydrogen (secondary N) is 1. The molecule has 0 unspecified atom stereocenters. The lowest BCUT2D eigenvalue weighted by atomic mass is 9.99. The van der Waals surface area contributed by atoms with Gasteiger partial charge in [-0.1, -0.05) is 26.0 Å². The van der Waals surface area contributed by atoms with Gasteiger partial charge < -0.3 is 25.6 Å². The van der Waals surface area contributed by atoms with Crippen LogP contribution >= 0.6 is 0 Å². The van der Waals surface area contributed by atoms with Crippen molar-refractivity contribution in [3.63, 3.8) is 0 Å². The first kappa shape index (κ1) is 24.4. The number of primary amides is 1. The van der Waals surface area contributed by atoms with E-state index in [0.717, 1.165) is 11.1 Å². The average Bonchev–Trinajstić information content (AvgIpc) is 2.87. The van der Waals surface area contributed by atoms with Crippen LogP contribution in [0.15, 0.2) is 48.8 Å². The Morgan fingerprint density at radius 3 is 2.44 bits per heavy atom. The minimum Gasteiger partial charge on any atom is -0.480 e. The lowest BCUT2D eigenvalue weighted by Gasteiger charge is -2.16. The van der Waals surface area contributed by atoms with Gasteiger partial charge in [0.1, 0.15) is 0 Å². The molecule has 184 valence electrons. The van der Waals surface area contributed by atoms with Crippen LogP contribution in [0.3, 0.4) is 0 Å². The summed E-state index contributed by atoms with van der Waals surface area (Å²) in [5, 5.41) is 13.4. The monoisotopic (exact) mass is 487 g/mol. The summed E-state index contributed by atoms with van der Waals surface area (Å²) in [6, 6.07) is 10.6. The largest absolute Gasteiger partial charge is 0.480 e. The first-order valence-electron chi connectivity index (χ1n) is 11.0. The number of nitrogens with zero attached hydrogens (tertiary/aromatic N) is 3. The van der Waals surface area contributed by atoms with Gasteiger partial charge in [0.15, 0.2) is 0 Å². The van der Waals surface area contributed by atoms with E-state index < -0.39 is 11.9 Å². The lowest BCUT2D eigenvalue weighted by molar-refractivity contribution is 0.0696. The Morgan fingerprint density at radius 1 is 1.03 bits per heavy atom. The van der Waals surface area contributed by atoms with Crippen LogP contribution in [0.4, 0.5) is 11.4 Å². The van der Waals surface area contributed by atoms with Crippen LogP contribution in [0.2, 0.25) is 0 Å². The summed E-state index contributed by atoms with van der Waals surface area (Å²) >= 11 is 0. The van der Waals surface area contributed by atoms with E-state index in [0.29, 0.717) is 33.7 Å². The predicted octanol–water partition coefficient (Wildman–Crippen LogP) is 4.37. The minimum absolute atomic E-state index is 0.0962. The molecule has 1 amide bonds. The van der Waals surface area contributed by atoms with Gasteiger partial charge in [-0.25, -0.2) is 9.78 Å². The Hall–Kier alpha value is -4.73. The Bertz CT molecular complexity index is 1490. The third kappa shape index (κ3) is 4.74. The maximum absolute atomic E-state index is 12.2. The van der Waals surface area contributed by atoms with Gasteiger partial charge in [0.2, 0.25) is 5.88 Å². The number of benzene rings is 2. The molecule has 0 aliphatic heterocycles. The fourth-order valence-electron chi connectivity index (χ4n) is 3.81. The molecule has 0 radical (unpaired) electrons. The van der Waals surface area contributed by atoms with Crippen LogP contribution < -0.4 is 20.5 Å². The quantitative estimate of drug-likeness (QED) is 0.329. The summed E-state index contributed by atoms with van der Waals surface area (Å²) in [7, 11) is 2.97. The number of aromatic nitrogens is 3. The Kier molecular flexibility index (Phi) is 6.69. The van der Waals surface area contributed by atoms with Crippen molar-refractivity contribution in [3.8, 4) is 23.0 Å². The number of nitrogens with two attached hydrogens (primary N) is 1. The molecular weight excluding hydrogens is 462 g/mol. The van der Waals surface area contributed by atoms with E-state index in [1.54, 1.807) is 18.3 Å². The fraction of sp³-hybridized carbons (Fsp3) is 0.192. The standard InChI is InChI=1S/C26H25N5O5/c1-13(2)15-7-16(25(33)34)9-17(8-15)30-22-18-6-5-14(10-21(18)28-12-20(22)23(27)32)19-11-29-26(36-4)31-24(19)35-3/h5-13H,1-4H3,(H2,27,32)(H,28,30)(H,33,34). The van der Waals surface area contributed by atoms with Crippen LogP contribution in [-0.4, -0.2) is 46.2 Å². The van der Waals surface area contributed by atoms with E-state index in [1.165, 1.54) is 26.5 Å². The van der Waals surface area contributed by atoms with Crippen LogP contribution in [0, 0.1) is 0 Å². The first-order valence-corrected chi connectivity index (χ1v) is 11.0. The molecule has 36 heavy (non-hydrogen) atoms. The molecule has 2 heterocycles. The molecule has 4 N–H and O–H groups in total. The van der Waals surface area contributed by atoms with E-state index in [4.69, 9.17) is 15.2 Å². The zero-order valence-corrected chi connectivity index (χ0v) is 20.2. The molecule has 4 rings (SSSR count). The molecule has 0 aliphatic carbocycles. The number of pyridine rings is 1. The molecule has 4 aromatic rings. The second kappa shape index (κ2) is 9.87. The van der Waals surface area contributed by atoms with E-state index in [1.807, 2.05) is 32.0 Å². The van der Waals surface area contributed by atoms with Crippen molar-refractivity contribution in [2.24, 2.45) is 5.73 Å². The molecular formula is C26H25N5O5. The van der Waals surface area contributed by atoms with Crippen molar-refractivity contribution in [1.82, 2.24) is 15.0 Å². The molecule has 0 fully saturated rings. The number of carboxylic acids is 1. The molecule has 0 bridgehead atoms. The molecule has 2 aromatic heterocycles. The van der Waals surface area contributed by atoms with Crippen LogP contribution in [-0.2, 0) is 0 Å². The maximum Gasteiger partial charge on any atom is 0.335 e. The third-order valence-electron chi connectivity index (χ3n) is 5.69. The van der Waals surface area contributed by atoms with Crippen LogP contribution in [0.25, 0.3) is 22.0 Å². The van der Waals surface area contributed by atoms with Gasteiger partial charge in [0, 0.05) is 23.5 Å². The van der Waals surface area contributed by atoms with Gasteiger partial charge in [-0.15, -0.1) is 0 Å². The Labute approximate surface area is 207 Å². The van der Waals surface area contributed by atoms with Gasteiger partial charge >= 0.3 is 12.0 Å². The molecule has 2 aromatic carbocycles. The molecule has 0 saturated carbocycles. The lowest BCUT2D eigenvalue weighted by Crippen LogP contribution is -2.14. The number of ether oxygens (including phenoxy) is 2. The van der Waals surface area contributed by atoms with Crippen molar-refractivity contribution in [1.29, 1.82) is 0 Å². The Balaban J connectivity index is 1.86. The predicted molar refractivity (Wildman–Crippen MR) is 135 cm³/mol. The number of fused-ring (bicyclic) bond motifs is 1. The van der Waals surface area contributed by atoms with Crippen LogP contribution in [0.5, 0.6) is 11.9 Å². The summed E-state index contributed by atoms with van der Waals surface area (Å²) in [5.74, 6) is -1.28. The minimum atomic E-state index is -1.05. The summed E-state index contributed by atoms with van der Waals surface area (Å²) in [5.41, 5.74) is 9.67. The topological polar surface area (TPSA) is 150 Å². The first-order chi connectivity index (χ1) is 17.2. The molecule has 10 heteroatoms. The number of aromatic carboxylic acids is 1. The Morgan fingerprint density at radius 2 is 1.81 bits per heavy atom.